The van der Waals surface area contributed by atoms with Gasteiger partial charge >= 0.3 is 17.9 Å². The summed E-state index contributed by atoms with van der Waals surface area (Å²) in [5.74, 6) is -7.15. The third-order valence-electron chi connectivity index (χ3n) is 7.35. The van der Waals surface area contributed by atoms with Gasteiger partial charge in [-0.3, -0.25) is 48.2 Å². The monoisotopic (exact) mass is 738 g/mol. The normalized spacial score (nSPS) is 12.1. The molecule has 0 spiro atoms. The molecule has 11 N–H and O–H groups in total. The highest BCUT2D eigenvalue weighted by molar-refractivity contribution is 5.98. The average molecular weight is 739 g/mol. The lowest BCUT2D eigenvalue weighted by atomic mass is 10.0. The Morgan fingerprint density at radius 3 is 1.77 bits per heavy atom. The van der Waals surface area contributed by atoms with Gasteiger partial charge in [-0.1, -0.05) is 26.0 Å². The van der Waals surface area contributed by atoms with Crippen molar-refractivity contribution in [3.63, 3.8) is 0 Å². The number of carboxylic acids is 3. The number of aliphatic hydroxyl groups excluding tert-OH is 1. The molecule has 0 aliphatic carbocycles. The summed E-state index contributed by atoms with van der Waals surface area (Å²) in [7, 11) is 0. The Hall–Kier alpha value is -5.18. The second kappa shape index (κ2) is 24.1. The second-order valence-corrected chi connectivity index (χ2v) is 12.1. The fourth-order valence-corrected chi connectivity index (χ4v) is 4.71. The van der Waals surface area contributed by atoms with Gasteiger partial charge in [-0.05, 0) is 42.9 Å². The molecule has 5 amide bonds. The third-order valence-corrected chi connectivity index (χ3v) is 7.35. The van der Waals surface area contributed by atoms with Crippen LogP contribution in [0.1, 0.15) is 38.7 Å². The van der Waals surface area contributed by atoms with E-state index in [9.17, 15) is 48.6 Å². The van der Waals surface area contributed by atoms with Gasteiger partial charge in [-0.25, -0.2) is 0 Å². The van der Waals surface area contributed by atoms with Gasteiger partial charge < -0.3 is 52.7 Å². The highest BCUT2D eigenvalue weighted by Crippen LogP contribution is 2.12. The molecule has 0 aliphatic heterocycles. The summed E-state index contributed by atoms with van der Waals surface area (Å²) in [5, 5.41) is 49.5. The van der Waals surface area contributed by atoms with Crippen LogP contribution in [0.2, 0.25) is 0 Å². The number of carbonyl (C=O) groups excluding carboxylic acids is 5. The van der Waals surface area contributed by atoms with Crippen molar-refractivity contribution in [1.29, 1.82) is 0 Å². The zero-order chi connectivity index (χ0) is 39.2. The first kappa shape index (κ1) is 44.8. The molecule has 0 heterocycles. The minimum Gasteiger partial charge on any atom is -0.480 e. The van der Waals surface area contributed by atoms with E-state index < -0.39 is 91.6 Å². The van der Waals surface area contributed by atoms with Crippen molar-refractivity contribution in [2.75, 3.05) is 64.2 Å². The van der Waals surface area contributed by atoms with Gasteiger partial charge in [0.15, 0.2) is 0 Å². The molecule has 1 aromatic carbocycles. The summed E-state index contributed by atoms with van der Waals surface area (Å²) in [6.07, 6.45) is 0.775. The molecule has 0 radical (unpaired) electrons. The van der Waals surface area contributed by atoms with Crippen molar-refractivity contribution in [1.82, 2.24) is 31.1 Å². The maximum atomic E-state index is 13.3. The standard InChI is InChI=1S/C32H50N8O12/c1-20(2)30(38-25(43)14-35-24(42)13-33)32(52)37-23(31(51)36-22-8-6-21(19-41)7-9-22)5-3-4-10-34-26(44)15-39(16-27(45)46)11-12-40(17-28(47)48)18-29(49)50/h6-9,20,23,30,41H,3-5,10-19,33H2,1-2H3,(H,34,44)(H,35,42)(H,36,51)(H,37,52)(H,38,43)(H,45,46)(H,47,48)(H,49,50)/t23-,30-/m0/s1. The summed E-state index contributed by atoms with van der Waals surface area (Å²) in [6, 6.07) is 4.23. The molecule has 0 saturated carbocycles. The van der Waals surface area contributed by atoms with Crippen LogP contribution >= 0.6 is 0 Å². The Bertz CT molecular complexity index is 1360. The van der Waals surface area contributed by atoms with Crippen LogP contribution in [0.25, 0.3) is 0 Å². The molecule has 20 nitrogen and oxygen atoms in total. The highest BCUT2D eigenvalue weighted by atomic mass is 16.4. The first-order valence-electron chi connectivity index (χ1n) is 16.5. The summed E-state index contributed by atoms with van der Waals surface area (Å²) >= 11 is 0. The molecule has 2 atom stereocenters. The Kier molecular flexibility index (Phi) is 20.8. The van der Waals surface area contributed by atoms with E-state index in [0.717, 1.165) is 4.90 Å². The summed E-state index contributed by atoms with van der Waals surface area (Å²) in [6.45, 7) is 0.249. The summed E-state index contributed by atoms with van der Waals surface area (Å²) < 4.78 is 0. The molecule has 0 bridgehead atoms. The lowest BCUT2D eigenvalue weighted by molar-refractivity contribution is -0.143. The minimum atomic E-state index is -1.27. The van der Waals surface area contributed by atoms with Crippen molar-refractivity contribution < 1.29 is 58.8 Å². The van der Waals surface area contributed by atoms with Crippen molar-refractivity contribution in [2.45, 2.75) is 51.8 Å². The molecule has 1 rings (SSSR count). The van der Waals surface area contributed by atoms with E-state index in [-0.39, 0.29) is 45.8 Å². The number of amides is 5. The van der Waals surface area contributed by atoms with Gasteiger partial charge in [0.2, 0.25) is 29.5 Å². The van der Waals surface area contributed by atoms with Crippen LogP contribution in [-0.4, -0.2) is 149 Å². The van der Waals surface area contributed by atoms with Crippen LogP contribution in [-0.2, 0) is 45.0 Å². The van der Waals surface area contributed by atoms with Crippen molar-refractivity contribution >= 4 is 53.1 Å². The number of unbranched alkanes of at least 4 members (excludes halogenated alkanes) is 1. The number of nitrogens with two attached hydrogens (primary N) is 1. The van der Waals surface area contributed by atoms with E-state index in [1.54, 1.807) is 38.1 Å². The first-order valence-corrected chi connectivity index (χ1v) is 16.5. The van der Waals surface area contributed by atoms with Gasteiger partial charge in [0.05, 0.1) is 45.9 Å². The molecule has 0 saturated heterocycles. The zero-order valence-corrected chi connectivity index (χ0v) is 29.3. The van der Waals surface area contributed by atoms with Crippen molar-refractivity contribution in [3.05, 3.63) is 29.8 Å². The van der Waals surface area contributed by atoms with E-state index in [0.29, 0.717) is 24.1 Å². The second-order valence-electron chi connectivity index (χ2n) is 12.1. The number of aliphatic carboxylic acids is 3. The van der Waals surface area contributed by atoms with E-state index in [4.69, 9.17) is 15.9 Å². The maximum absolute atomic E-state index is 13.3. The van der Waals surface area contributed by atoms with Gasteiger partial charge in [-0.15, -0.1) is 0 Å². The third kappa shape index (κ3) is 19.3. The van der Waals surface area contributed by atoms with E-state index in [1.807, 2.05) is 0 Å². The van der Waals surface area contributed by atoms with Crippen LogP contribution in [0.15, 0.2) is 24.3 Å². The SMILES string of the molecule is CC(C)[C@H](NC(=O)CNC(=O)CN)C(=O)N[C@@H](CCCCNC(=O)CN(CCN(CC(=O)O)CC(=O)O)CC(=O)O)C(=O)Nc1ccc(CO)cc1. The Morgan fingerprint density at radius 2 is 1.27 bits per heavy atom. The van der Waals surface area contributed by atoms with Crippen LogP contribution in [0, 0.1) is 5.92 Å². The first-order chi connectivity index (χ1) is 24.5. The number of anilines is 1. The van der Waals surface area contributed by atoms with Crippen LogP contribution in [0.4, 0.5) is 5.69 Å². The number of rotatable bonds is 26. The quantitative estimate of drug-likeness (QED) is 0.0423. The largest absolute Gasteiger partial charge is 0.480 e. The Labute approximate surface area is 300 Å². The van der Waals surface area contributed by atoms with E-state index >= 15 is 0 Å². The molecule has 0 unspecified atom stereocenters. The smallest absolute Gasteiger partial charge is 0.317 e. The van der Waals surface area contributed by atoms with Crippen LogP contribution in [0.5, 0.6) is 0 Å². The summed E-state index contributed by atoms with van der Waals surface area (Å²) in [4.78, 5) is 98.8. The van der Waals surface area contributed by atoms with E-state index in [1.165, 1.54) is 4.90 Å². The zero-order valence-electron chi connectivity index (χ0n) is 29.3. The summed E-state index contributed by atoms with van der Waals surface area (Å²) in [5.41, 5.74) is 6.25. The fraction of sp³-hybridized carbons (Fsp3) is 0.562. The molecule has 0 aromatic heterocycles. The molecule has 0 fully saturated rings. The number of aliphatic hydroxyl groups is 1. The van der Waals surface area contributed by atoms with Gasteiger partial charge in [0.1, 0.15) is 12.1 Å². The van der Waals surface area contributed by atoms with Gasteiger partial charge in [0, 0.05) is 25.3 Å². The number of nitrogens with zero attached hydrogens (tertiary/aromatic N) is 2. The lowest BCUT2D eigenvalue weighted by Crippen LogP contribution is -2.55. The molecular weight excluding hydrogens is 688 g/mol. The van der Waals surface area contributed by atoms with Crippen LogP contribution in [0.3, 0.4) is 0 Å². The Balaban J connectivity index is 2.87. The van der Waals surface area contributed by atoms with Crippen LogP contribution < -0.4 is 32.3 Å². The number of carboxylic acid groups (broad SMARTS) is 3. The topological polar surface area (TPSA) is 310 Å². The number of hydrogen-bond donors (Lipinski definition) is 10. The molecule has 290 valence electrons. The predicted octanol–water partition coefficient (Wildman–Crippen LogP) is -3.04. The maximum Gasteiger partial charge on any atom is 0.317 e. The molecule has 1 aromatic rings. The lowest BCUT2D eigenvalue weighted by Gasteiger charge is -2.25. The van der Waals surface area contributed by atoms with Gasteiger partial charge in [-0.2, -0.15) is 0 Å². The van der Waals surface area contributed by atoms with Gasteiger partial charge in [0.25, 0.3) is 0 Å². The van der Waals surface area contributed by atoms with Crippen molar-refractivity contribution in [3.8, 4) is 0 Å². The number of hydrogen-bond acceptors (Lipinski definition) is 12. The average Bonchev–Trinajstić information content (AvgIpc) is 3.06. The highest BCUT2D eigenvalue weighted by Gasteiger charge is 2.29. The fourth-order valence-electron chi connectivity index (χ4n) is 4.71. The molecule has 0 aliphatic rings. The van der Waals surface area contributed by atoms with E-state index in [2.05, 4.69) is 26.6 Å². The number of benzene rings is 1. The Morgan fingerprint density at radius 1 is 0.712 bits per heavy atom. The number of nitrogens with one attached hydrogen (secondary N) is 5. The minimum absolute atomic E-state index is 0.0976. The molecule has 20 heteroatoms. The predicted molar refractivity (Wildman–Crippen MR) is 184 cm³/mol. The number of carbonyl (C=O) groups is 8. The molecular formula is C32H50N8O12. The van der Waals surface area contributed by atoms with Crippen molar-refractivity contribution in [2.24, 2.45) is 11.7 Å². The molecule has 52 heavy (non-hydrogen) atoms.